The summed E-state index contributed by atoms with van der Waals surface area (Å²) in [6, 6.07) is 15.3. The maximum atomic E-state index is 12.9. The van der Waals surface area contributed by atoms with Gasteiger partial charge in [-0.25, -0.2) is 9.59 Å². The quantitative estimate of drug-likeness (QED) is 0.899. The number of hydrogen-bond donors (Lipinski definition) is 1. The van der Waals surface area contributed by atoms with Crippen LogP contribution in [0, 0.1) is 0 Å². The Hall–Kier alpha value is -2.82. The summed E-state index contributed by atoms with van der Waals surface area (Å²) in [5.41, 5.74) is 2.75. The molecule has 2 aliphatic carbocycles. The predicted molar refractivity (Wildman–Crippen MR) is 96.8 cm³/mol. The first-order chi connectivity index (χ1) is 12.6. The Labute approximate surface area is 152 Å². The molecule has 2 aromatic rings. The summed E-state index contributed by atoms with van der Waals surface area (Å²) >= 11 is 0. The van der Waals surface area contributed by atoms with Crippen LogP contribution in [0.25, 0.3) is 11.1 Å². The Morgan fingerprint density at radius 3 is 1.96 bits per heavy atom. The fraction of sp³-hybridized carbons (Fsp3) is 0.333. The molecule has 26 heavy (non-hydrogen) atoms. The van der Waals surface area contributed by atoms with Crippen molar-refractivity contribution >= 4 is 12.1 Å². The van der Waals surface area contributed by atoms with Gasteiger partial charge in [0.25, 0.3) is 0 Å². The average molecular weight is 351 g/mol. The van der Waals surface area contributed by atoms with E-state index in [1.54, 1.807) is 0 Å². The molecule has 0 bridgehead atoms. The van der Waals surface area contributed by atoms with Gasteiger partial charge in [-0.15, -0.1) is 0 Å². The summed E-state index contributed by atoms with van der Waals surface area (Å²) in [5.74, 6) is -0.956. The number of aliphatic carboxylic acids is 1. The molecule has 2 aromatic carbocycles. The molecule has 0 saturated heterocycles. The van der Waals surface area contributed by atoms with E-state index >= 15 is 0 Å². The maximum absolute atomic E-state index is 12.9. The molecule has 5 nitrogen and oxygen atoms in total. The number of hydrogen-bond acceptors (Lipinski definition) is 3. The summed E-state index contributed by atoms with van der Waals surface area (Å²) in [5, 5.41) is 10.1. The first-order valence-corrected chi connectivity index (χ1v) is 8.89. The van der Waals surface area contributed by atoms with Crippen molar-refractivity contribution in [1.29, 1.82) is 0 Å². The summed E-state index contributed by atoms with van der Waals surface area (Å²) in [7, 11) is 1.31. The minimum Gasteiger partial charge on any atom is -0.479 e. The topological polar surface area (TPSA) is 66.8 Å². The molecule has 0 radical (unpaired) electrons. The number of benzene rings is 2. The van der Waals surface area contributed by atoms with Gasteiger partial charge in [-0.2, -0.15) is 0 Å². The highest BCUT2D eigenvalue weighted by atomic mass is 16.5. The van der Waals surface area contributed by atoms with Crippen LogP contribution in [0.5, 0.6) is 0 Å². The molecule has 1 fully saturated rings. The third-order valence-corrected chi connectivity index (χ3v) is 5.72. The van der Waals surface area contributed by atoms with Crippen LogP contribution in [0.4, 0.5) is 4.79 Å². The van der Waals surface area contributed by atoms with Gasteiger partial charge in [0, 0.05) is 0 Å². The Morgan fingerprint density at radius 2 is 1.50 bits per heavy atom. The summed E-state index contributed by atoms with van der Waals surface area (Å²) in [6.45, 7) is 0. The molecule has 134 valence electrons. The molecule has 4 rings (SSSR count). The Bertz CT molecular complexity index is 824. The van der Waals surface area contributed by atoms with Gasteiger partial charge < -0.3 is 9.84 Å². The van der Waals surface area contributed by atoms with Crippen molar-refractivity contribution < 1.29 is 19.4 Å². The number of rotatable bonds is 3. The van der Waals surface area contributed by atoms with Gasteiger partial charge in [-0.3, -0.25) is 4.90 Å². The van der Waals surface area contributed by atoms with Crippen molar-refractivity contribution in [2.75, 3.05) is 7.11 Å². The number of carbonyl (C=O) groups excluding carboxylic acids is 1. The molecule has 5 heteroatoms. The average Bonchev–Trinajstić information content (AvgIpc) is 3.27. The third kappa shape index (κ3) is 2.23. The van der Waals surface area contributed by atoms with Gasteiger partial charge in [0.2, 0.25) is 0 Å². The van der Waals surface area contributed by atoms with Gasteiger partial charge in [-0.05, 0) is 35.1 Å². The number of fused-ring (bicyclic) bond motifs is 3. The smallest absolute Gasteiger partial charge is 0.411 e. The van der Waals surface area contributed by atoms with Crippen LogP contribution in [0.2, 0.25) is 0 Å². The highest BCUT2D eigenvalue weighted by Crippen LogP contribution is 2.51. The molecule has 0 unspecified atom stereocenters. The van der Waals surface area contributed by atoms with Crippen LogP contribution in [0.15, 0.2) is 48.5 Å². The van der Waals surface area contributed by atoms with E-state index in [-0.39, 0.29) is 0 Å². The van der Waals surface area contributed by atoms with E-state index in [1.807, 2.05) is 48.5 Å². The largest absolute Gasteiger partial charge is 0.479 e. The second-order valence-corrected chi connectivity index (χ2v) is 6.96. The van der Waals surface area contributed by atoms with Crippen molar-refractivity contribution in [1.82, 2.24) is 4.90 Å². The lowest BCUT2D eigenvalue weighted by Gasteiger charge is -2.41. The highest BCUT2D eigenvalue weighted by Gasteiger charge is 2.54. The number of carbonyl (C=O) groups is 2. The monoisotopic (exact) mass is 351 g/mol. The number of carboxylic acid groups (broad SMARTS) is 1. The zero-order valence-electron chi connectivity index (χ0n) is 14.6. The molecule has 0 heterocycles. The molecule has 0 spiro atoms. The van der Waals surface area contributed by atoms with Crippen molar-refractivity contribution in [3.05, 3.63) is 59.7 Å². The second-order valence-electron chi connectivity index (χ2n) is 6.96. The minimum atomic E-state index is -1.23. The van der Waals surface area contributed by atoms with E-state index in [0.717, 1.165) is 35.1 Å². The van der Waals surface area contributed by atoms with Gasteiger partial charge >= 0.3 is 12.1 Å². The molecule has 0 aliphatic heterocycles. The molecule has 1 N–H and O–H groups in total. The Morgan fingerprint density at radius 1 is 1.00 bits per heavy atom. The van der Waals surface area contributed by atoms with E-state index in [4.69, 9.17) is 4.74 Å². The van der Waals surface area contributed by atoms with Crippen molar-refractivity contribution in [2.24, 2.45) is 0 Å². The van der Waals surface area contributed by atoms with Gasteiger partial charge in [0.05, 0.1) is 13.2 Å². The number of methoxy groups -OCH3 is 1. The number of nitrogens with zero attached hydrogens (tertiary/aromatic N) is 1. The number of amides is 1. The van der Waals surface area contributed by atoms with E-state index in [1.165, 1.54) is 12.0 Å². The highest BCUT2D eigenvalue weighted by molar-refractivity contribution is 5.88. The van der Waals surface area contributed by atoms with Crippen LogP contribution in [0.3, 0.4) is 0 Å². The van der Waals surface area contributed by atoms with Crippen LogP contribution in [0.1, 0.15) is 42.9 Å². The molecular formula is C21H21NO4. The zero-order chi connectivity index (χ0) is 18.3. The summed E-state index contributed by atoms with van der Waals surface area (Å²) < 4.78 is 5.07. The van der Waals surface area contributed by atoms with Gasteiger partial charge in [-0.1, -0.05) is 61.4 Å². The van der Waals surface area contributed by atoms with Crippen LogP contribution < -0.4 is 0 Å². The predicted octanol–water partition coefficient (Wildman–Crippen LogP) is 4.22. The normalized spacial score (nSPS) is 17.4. The summed E-state index contributed by atoms with van der Waals surface area (Å²) in [6.07, 6.45) is 1.87. The lowest BCUT2D eigenvalue weighted by atomic mass is 9.90. The fourth-order valence-electron chi connectivity index (χ4n) is 4.55. The molecule has 0 atom stereocenters. The third-order valence-electron chi connectivity index (χ3n) is 5.72. The van der Waals surface area contributed by atoms with Crippen LogP contribution >= 0.6 is 0 Å². The fourth-order valence-corrected chi connectivity index (χ4v) is 4.55. The van der Waals surface area contributed by atoms with Crippen LogP contribution in [-0.4, -0.2) is 34.7 Å². The molecule has 2 aliphatic rings. The molecular weight excluding hydrogens is 330 g/mol. The number of ether oxygens (including phenoxy) is 1. The van der Waals surface area contributed by atoms with Crippen LogP contribution in [-0.2, 0) is 9.53 Å². The van der Waals surface area contributed by atoms with E-state index in [0.29, 0.717) is 12.8 Å². The summed E-state index contributed by atoms with van der Waals surface area (Å²) in [4.78, 5) is 26.7. The van der Waals surface area contributed by atoms with Crippen molar-refractivity contribution in [3.63, 3.8) is 0 Å². The molecule has 1 saturated carbocycles. The Balaban J connectivity index is 1.95. The first kappa shape index (κ1) is 16.6. The second kappa shape index (κ2) is 6.16. The van der Waals surface area contributed by atoms with Crippen molar-refractivity contribution in [3.8, 4) is 11.1 Å². The minimum absolute atomic E-state index is 0.443. The SMILES string of the molecule is COC(=O)N(C1c2ccccc2-c2ccccc21)C1(C(=O)O)CCCC1. The zero-order valence-corrected chi connectivity index (χ0v) is 14.6. The first-order valence-electron chi connectivity index (χ1n) is 8.89. The van der Waals surface area contributed by atoms with Gasteiger partial charge in [0.15, 0.2) is 0 Å². The standard InChI is InChI=1S/C21H21NO4/c1-26-20(25)22(21(19(23)24)12-6-7-13-21)18-16-10-4-2-8-14(16)15-9-3-5-11-17(15)18/h2-5,8-11,18H,6-7,12-13H2,1H3,(H,23,24). The lowest BCUT2D eigenvalue weighted by Crippen LogP contribution is -2.56. The van der Waals surface area contributed by atoms with E-state index in [2.05, 4.69) is 0 Å². The van der Waals surface area contributed by atoms with Crippen molar-refractivity contribution in [2.45, 2.75) is 37.3 Å². The van der Waals surface area contributed by atoms with E-state index in [9.17, 15) is 14.7 Å². The number of carboxylic acids is 1. The lowest BCUT2D eigenvalue weighted by molar-refractivity contribution is -0.151. The molecule has 0 aromatic heterocycles. The molecule has 1 amide bonds. The van der Waals surface area contributed by atoms with Gasteiger partial charge in [0.1, 0.15) is 5.54 Å². The van der Waals surface area contributed by atoms with E-state index < -0.39 is 23.6 Å². The Kier molecular flexibility index (Phi) is 3.94. The maximum Gasteiger partial charge on any atom is 0.411 e.